The van der Waals surface area contributed by atoms with E-state index in [9.17, 15) is 14.4 Å². The van der Waals surface area contributed by atoms with Gasteiger partial charge < -0.3 is 19.4 Å². The number of amides is 3. The lowest BCUT2D eigenvalue weighted by molar-refractivity contribution is -0.138. The van der Waals surface area contributed by atoms with Crippen molar-refractivity contribution in [2.45, 2.75) is 20.3 Å². The monoisotopic (exact) mass is 347 g/mol. The summed E-state index contributed by atoms with van der Waals surface area (Å²) in [7, 11) is 1.57. The van der Waals surface area contributed by atoms with Gasteiger partial charge in [-0.25, -0.2) is 0 Å². The Hall–Kier alpha value is -2.57. The Bertz CT molecular complexity index is 639. The molecule has 0 aliphatic carbocycles. The molecule has 0 bridgehead atoms. The minimum atomic E-state index is -0.123. The summed E-state index contributed by atoms with van der Waals surface area (Å²) in [5.41, 5.74) is 0.709. The fraction of sp³-hybridized carbons (Fsp3) is 0.500. The normalized spacial score (nSPS) is 14.2. The van der Waals surface area contributed by atoms with E-state index in [1.807, 2.05) is 18.2 Å². The van der Waals surface area contributed by atoms with Crippen LogP contribution in [0.15, 0.2) is 24.3 Å². The largest absolute Gasteiger partial charge is 0.497 e. The Kier molecular flexibility index (Phi) is 6.38. The van der Waals surface area contributed by atoms with E-state index in [-0.39, 0.29) is 24.1 Å². The Labute approximate surface area is 148 Å². The minimum Gasteiger partial charge on any atom is -0.497 e. The summed E-state index contributed by atoms with van der Waals surface area (Å²) in [6, 6.07) is 7.21. The average molecular weight is 347 g/mol. The zero-order valence-electron chi connectivity index (χ0n) is 15.0. The van der Waals surface area contributed by atoms with Crippen LogP contribution in [0, 0.1) is 0 Å². The van der Waals surface area contributed by atoms with Crippen LogP contribution in [0.3, 0.4) is 0 Å². The van der Waals surface area contributed by atoms with Gasteiger partial charge in [-0.05, 0) is 12.1 Å². The fourth-order valence-electron chi connectivity index (χ4n) is 2.88. The molecule has 1 fully saturated rings. The van der Waals surface area contributed by atoms with Gasteiger partial charge in [-0.15, -0.1) is 0 Å². The van der Waals surface area contributed by atoms with E-state index in [0.29, 0.717) is 44.2 Å². The molecule has 7 heteroatoms. The summed E-state index contributed by atoms with van der Waals surface area (Å²) in [5, 5.41) is 0. The second-order valence-electron chi connectivity index (χ2n) is 6.01. The number of piperazine rings is 1. The molecule has 1 aliphatic heterocycles. The van der Waals surface area contributed by atoms with Crippen LogP contribution in [-0.2, 0) is 14.4 Å². The zero-order chi connectivity index (χ0) is 18.4. The predicted molar refractivity (Wildman–Crippen MR) is 94.5 cm³/mol. The van der Waals surface area contributed by atoms with Crippen LogP contribution in [0.5, 0.6) is 5.75 Å². The molecule has 3 amide bonds. The minimum absolute atomic E-state index is 0.00246. The number of methoxy groups -OCH3 is 1. The first-order valence-electron chi connectivity index (χ1n) is 8.38. The Morgan fingerprint density at radius 1 is 1.08 bits per heavy atom. The van der Waals surface area contributed by atoms with E-state index in [1.165, 1.54) is 13.8 Å². The van der Waals surface area contributed by atoms with E-state index in [1.54, 1.807) is 27.9 Å². The van der Waals surface area contributed by atoms with Crippen LogP contribution >= 0.6 is 0 Å². The third-order valence-electron chi connectivity index (χ3n) is 4.37. The molecule has 1 aromatic carbocycles. The van der Waals surface area contributed by atoms with E-state index in [2.05, 4.69) is 0 Å². The van der Waals surface area contributed by atoms with Crippen molar-refractivity contribution in [3.05, 3.63) is 24.3 Å². The van der Waals surface area contributed by atoms with Crippen LogP contribution in [0.4, 0.5) is 5.69 Å². The van der Waals surface area contributed by atoms with Gasteiger partial charge >= 0.3 is 0 Å². The molecule has 1 aliphatic rings. The summed E-state index contributed by atoms with van der Waals surface area (Å²) in [6.45, 7) is 5.54. The highest BCUT2D eigenvalue weighted by Crippen LogP contribution is 2.21. The van der Waals surface area contributed by atoms with Crippen molar-refractivity contribution in [3.63, 3.8) is 0 Å². The van der Waals surface area contributed by atoms with Crippen molar-refractivity contribution in [1.29, 1.82) is 0 Å². The number of anilines is 1. The number of hydrogen-bond acceptors (Lipinski definition) is 4. The second-order valence-corrected chi connectivity index (χ2v) is 6.01. The van der Waals surface area contributed by atoms with Gasteiger partial charge in [0.2, 0.25) is 17.7 Å². The molecule has 25 heavy (non-hydrogen) atoms. The molecule has 0 aromatic heterocycles. The maximum Gasteiger partial charge on any atom is 0.224 e. The highest BCUT2D eigenvalue weighted by molar-refractivity contribution is 5.92. The number of rotatable bonds is 5. The van der Waals surface area contributed by atoms with Crippen LogP contribution in [0.25, 0.3) is 0 Å². The lowest BCUT2D eigenvalue weighted by Gasteiger charge is -2.34. The summed E-state index contributed by atoms with van der Waals surface area (Å²) in [5.74, 6) is 0.572. The first-order valence-corrected chi connectivity index (χ1v) is 8.38. The highest BCUT2D eigenvalue weighted by Gasteiger charge is 2.23. The van der Waals surface area contributed by atoms with Crippen molar-refractivity contribution in [3.8, 4) is 5.75 Å². The first-order chi connectivity index (χ1) is 11.9. The lowest BCUT2D eigenvalue weighted by atomic mass is 10.2. The molecule has 136 valence electrons. The predicted octanol–water partition coefficient (Wildman–Crippen LogP) is 1.13. The summed E-state index contributed by atoms with van der Waals surface area (Å²) >= 11 is 0. The Morgan fingerprint density at radius 2 is 1.72 bits per heavy atom. The summed E-state index contributed by atoms with van der Waals surface area (Å²) in [6.07, 6.45) is 0.247. The van der Waals surface area contributed by atoms with E-state index in [0.717, 1.165) is 0 Å². The van der Waals surface area contributed by atoms with Crippen LogP contribution in [0.1, 0.15) is 20.3 Å². The van der Waals surface area contributed by atoms with Crippen LogP contribution in [0.2, 0.25) is 0 Å². The summed E-state index contributed by atoms with van der Waals surface area (Å²) in [4.78, 5) is 40.8. The van der Waals surface area contributed by atoms with Gasteiger partial charge in [0, 0.05) is 64.7 Å². The Balaban J connectivity index is 1.94. The SMILES string of the molecule is COc1cccc(N(CCC(=O)N2CCN(C(C)=O)CC2)C(C)=O)c1. The van der Waals surface area contributed by atoms with Crippen molar-refractivity contribution in [1.82, 2.24) is 9.80 Å². The zero-order valence-corrected chi connectivity index (χ0v) is 15.0. The van der Waals surface area contributed by atoms with Gasteiger partial charge in [0.25, 0.3) is 0 Å². The molecule has 1 aromatic rings. The molecule has 0 saturated carbocycles. The molecule has 0 unspecified atom stereocenters. The maximum absolute atomic E-state index is 12.4. The molecular formula is C18H25N3O4. The molecular weight excluding hydrogens is 322 g/mol. The number of nitrogens with zero attached hydrogens (tertiary/aromatic N) is 3. The number of benzene rings is 1. The lowest BCUT2D eigenvalue weighted by Crippen LogP contribution is -2.50. The molecule has 1 heterocycles. The van der Waals surface area contributed by atoms with Crippen molar-refractivity contribution < 1.29 is 19.1 Å². The number of carbonyl (C=O) groups excluding carboxylic acids is 3. The smallest absolute Gasteiger partial charge is 0.224 e. The van der Waals surface area contributed by atoms with E-state index >= 15 is 0 Å². The first kappa shape index (κ1) is 18.8. The standard InChI is InChI=1S/C18H25N3O4/c1-14(22)19-9-11-20(12-10-19)18(24)7-8-21(15(2)23)16-5-4-6-17(13-16)25-3/h4-6,13H,7-12H2,1-3H3. The fourth-order valence-corrected chi connectivity index (χ4v) is 2.88. The third-order valence-corrected chi connectivity index (χ3v) is 4.37. The van der Waals surface area contributed by atoms with Crippen molar-refractivity contribution in [2.75, 3.05) is 44.7 Å². The molecule has 0 N–H and O–H groups in total. The van der Waals surface area contributed by atoms with Gasteiger partial charge in [-0.1, -0.05) is 6.07 Å². The van der Waals surface area contributed by atoms with Gasteiger partial charge in [-0.2, -0.15) is 0 Å². The topological polar surface area (TPSA) is 70.2 Å². The Morgan fingerprint density at radius 3 is 2.28 bits per heavy atom. The molecule has 7 nitrogen and oxygen atoms in total. The molecule has 2 rings (SSSR count). The van der Waals surface area contributed by atoms with Crippen molar-refractivity contribution >= 4 is 23.4 Å². The van der Waals surface area contributed by atoms with Crippen molar-refractivity contribution in [2.24, 2.45) is 0 Å². The number of hydrogen-bond donors (Lipinski definition) is 0. The van der Waals surface area contributed by atoms with Gasteiger partial charge in [0.1, 0.15) is 5.75 Å². The second kappa shape index (κ2) is 8.50. The van der Waals surface area contributed by atoms with E-state index in [4.69, 9.17) is 4.74 Å². The maximum atomic E-state index is 12.4. The highest BCUT2D eigenvalue weighted by atomic mass is 16.5. The van der Waals surface area contributed by atoms with Crippen LogP contribution < -0.4 is 9.64 Å². The summed E-state index contributed by atoms with van der Waals surface area (Å²) < 4.78 is 5.19. The third kappa shape index (κ3) is 4.95. The number of ether oxygens (including phenoxy) is 1. The average Bonchev–Trinajstić information content (AvgIpc) is 2.61. The van der Waals surface area contributed by atoms with Gasteiger partial charge in [-0.3, -0.25) is 14.4 Å². The van der Waals surface area contributed by atoms with Gasteiger partial charge in [0.05, 0.1) is 7.11 Å². The molecule has 0 spiro atoms. The molecule has 1 saturated heterocycles. The van der Waals surface area contributed by atoms with E-state index < -0.39 is 0 Å². The number of carbonyl (C=O) groups is 3. The molecule has 0 atom stereocenters. The molecule has 0 radical (unpaired) electrons. The van der Waals surface area contributed by atoms with Crippen LogP contribution in [-0.4, -0.2) is 67.4 Å². The quantitative estimate of drug-likeness (QED) is 0.801. The van der Waals surface area contributed by atoms with Gasteiger partial charge in [0.15, 0.2) is 0 Å².